The van der Waals surface area contributed by atoms with E-state index in [1.54, 1.807) is 12.1 Å². The number of rotatable bonds is 10. The molecule has 0 bridgehead atoms. The van der Waals surface area contributed by atoms with E-state index in [4.69, 9.17) is 21.1 Å². The van der Waals surface area contributed by atoms with Gasteiger partial charge in [-0.25, -0.2) is 0 Å². The predicted molar refractivity (Wildman–Crippen MR) is 101 cm³/mol. The van der Waals surface area contributed by atoms with Crippen molar-refractivity contribution in [2.45, 2.75) is 38.6 Å². The van der Waals surface area contributed by atoms with Gasteiger partial charge in [-0.05, 0) is 49.9 Å². The topological polar surface area (TPSA) is 84.9 Å². The maximum atomic E-state index is 11.9. The number of halogens is 1. The molecule has 0 spiro atoms. The summed E-state index contributed by atoms with van der Waals surface area (Å²) in [5, 5.41) is 3.47. The molecule has 0 atom stereocenters. The molecule has 8 heteroatoms. The van der Waals surface area contributed by atoms with E-state index in [9.17, 15) is 14.4 Å². The van der Waals surface area contributed by atoms with Gasteiger partial charge in [-0.2, -0.15) is 0 Å². The second kappa shape index (κ2) is 10.2. The van der Waals surface area contributed by atoms with Crippen LogP contribution >= 0.6 is 11.6 Å². The van der Waals surface area contributed by atoms with Crippen molar-refractivity contribution in [2.75, 3.05) is 26.8 Å². The normalized spacial score (nSPS) is 13.0. The van der Waals surface area contributed by atoms with Crippen LogP contribution in [0.15, 0.2) is 18.2 Å². The Morgan fingerprint density at radius 3 is 2.70 bits per heavy atom. The van der Waals surface area contributed by atoms with Gasteiger partial charge in [0.15, 0.2) is 6.61 Å². The van der Waals surface area contributed by atoms with E-state index in [1.807, 2.05) is 13.0 Å². The molecule has 2 rings (SSSR count). The highest BCUT2D eigenvalue weighted by Gasteiger charge is 2.24. The van der Waals surface area contributed by atoms with Crippen LogP contribution < -0.4 is 10.1 Å². The highest BCUT2D eigenvalue weighted by molar-refractivity contribution is 6.31. The summed E-state index contributed by atoms with van der Waals surface area (Å²) in [5.41, 5.74) is 0.919. The zero-order chi connectivity index (χ0) is 19.8. The molecule has 1 aromatic carbocycles. The van der Waals surface area contributed by atoms with E-state index >= 15 is 0 Å². The summed E-state index contributed by atoms with van der Waals surface area (Å²) in [4.78, 5) is 36.5. The van der Waals surface area contributed by atoms with Gasteiger partial charge in [0.2, 0.25) is 5.91 Å². The molecule has 27 heavy (non-hydrogen) atoms. The van der Waals surface area contributed by atoms with Crippen molar-refractivity contribution >= 4 is 29.4 Å². The SMILES string of the molecule is Cc1cc(OCCCC(=O)OCC(=O)N(C)CC(=O)NC2CC2)ccc1Cl. The molecule has 0 unspecified atom stereocenters. The van der Waals surface area contributed by atoms with Gasteiger partial charge in [-0.15, -0.1) is 0 Å². The lowest BCUT2D eigenvalue weighted by molar-refractivity contribution is -0.152. The zero-order valence-corrected chi connectivity index (χ0v) is 16.4. The number of benzene rings is 1. The summed E-state index contributed by atoms with van der Waals surface area (Å²) in [6, 6.07) is 5.60. The second-order valence-electron chi connectivity index (χ2n) is 6.62. The van der Waals surface area contributed by atoms with Crippen molar-refractivity contribution in [3.8, 4) is 5.75 Å². The van der Waals surface area contributed by atoms with Gasteiger partial charge in [0.25, 0.3) is 5.91 Å². The van der Waals surface area contributed by atoms with Gasteiger partial charge in [0, 0.05) is 24.5 Å². The number of carbonyl (C=O) groups excluding carboxylic acids is 3. The molecule has 0 aromatic heterocycles. The minimum absolute atomic E-state index is 0.0404. The maximum absolute atomic E-state index is 11.9. The molecule has 0 saturated heterocycles. The Morgan fingerprint density at radius 1 is 1.30 bits per heavy atom. The molecule has 1 saturated carbocycles. The molecule has 1 aromatic rings. The third-order valence-corrected chi connectivity index (χ3v) is 4.45. The van der Waals surface area contributed by atoms with Crippen molar-refractivity contribution in [3.05, 3.63) is 28.8 Å². The van der Waals surface area contributed by atoms with Gasteiger partial charge >= 0.3 is 5.97 Å². The smallest absolute Gasteiger partial charge is 0.306 e. The molecule has 148 valence electrons. The lowest BCUT2D eigenvalue weighted by Gasteiger charge is -2.16. The van der Waals surface area contributed by atoms with Crippen LogP contribution in [0.25, 0.3) is 0 Å². The van der Waals surface area contributed by atoms with Crippen molar-refractivity contribution < 1.29 is 23.9 Å². The fourth-order valence-electron chi connectivity index (χ4n) is 2.24. The summed E-state index contributed by atoms with van der Waals surface area (Å²) in [5.74, 6) is -0.405. The number of likely N-dealkylation sites (N-methyl/N-ethyl adjacent to an activating group) is 1. The first-order valence-corrected chi connectivity index (χ1v) is 9.31. The molecule has 1 N–H and O–H groups in total. The van der Waals surface area contributed by atoms with Crippen molar-refractivity contribution in [2.24, 2.45) is 0 Å². The number of esters is 1. The van der Waals surface area contributed by atoms with Gasteiger partial charge < -0.3 is 19.7 Å². The number of amides is 2. The van der Waals surface area contributed by atoms with Crippen molar-refractivity contribution in [1.82, 2.24) is 10.2 Å². The third kappa shape index (κ3) is 7.86. The number of nitrogens with zero attached hydrogens (tertiary/aromatic N) is 1. The summed E-state index contributed by atoms with van der Waals surface area (Å²) in [6.45, 7) is 1.83. The Morgan fingerprint density at radius 2 is 2.04 bits per heavy atom. The molecule has 0 heterocycles. The quantitative estimate of drug-likeness (QED) is 0.483. The largest absolute Gasteiger partial charge is 0.494 e. The zero-order valence-electron chi connectivity index (χ0n) is 15.6. The van der Waals surface area contributed by atoms with Crippen molar-refractivity contribution in [3.63, 3.8) is 0 Å². The average molecular weight is 397 g/mol. The fourth-order valence-corrected chi connectivity index (χ4v) is 2.36. The Balaban J connectivity index is 1.57. The first-order valence-electron chi connectivity index (χ1n) is 8.93. The number of nitrogens with one attached hydrogen (secondary N) is 1. The fraction of sp³-hybridized carbons (Fsp3) is 0.526. The van der Waals surface area contributed by atoms with Crippen LogP contribution in [0.1, 0.15) is 31.2 Å². The maximum Gasteiger partial charge on any atom is 0.306 e. The Hall–Kier alpha value is -2.28. The summed E-state index contributed by atoms with van der Waals surface area (Å²) >= 11 is 5.95. The molecule has 2 amide bonds. The molecule has 7 nitrogen and oxygen atoms in total. The van der Waals surface area contributed by atoms with E-state index in [1.165, 1.54) is 11.9 Å². The molecular weight excluding hydrogens is 372 g/mol. The average Bonchev–Trinajstić information content (AvgIpc) is 3.43. The van der Waals surface area contributed by atoms with Crippen LogP contribution in [-0.4, -0.2) is 55.5 Å². The number of aryl methyl sites for hydroxylation is 1. The standard InChI is InChI=1S/C19H25ClN2O5/c1-13-10-15(7-8-16(13)20)26-9-3-4-19(25)27-12-18(24)22(2)11-17(23)21-14-5-6-14/h7-8,10,14H,3-6,9,11-12H2,1-2H3,(H,21,23). The minimum atomic E-state index is -0.477. The Bertz CT molecular complexity index is 691. The van der Waals surface area contributed by atoms with E-state index in [2.05, 4.69) is 5.32 Å². The van der Waals surface area contributed by atoms with E-state index in [0.717, 1.165) is 18.4 Å². The summed E-state index contributed by atoms with van der Waals surface area (Å²) < 4.78 is 10.5. The number of carbonyl (C=O) groups is 3. The van der Waals surface area contributed by atoms with Crippen LogP contribution in [0.3, 0.4) is 0 Å². The highest BCUT2D eigenvalue weighted by atomic mass is 35.5. The lowest BCUT2D eigenvalue weighted by Crippen LogP contribution is -2.40. The monoisotopic (exact) mass is 396 g/mol. The molecule has 1 aliphatic rings. The minimum Gasteiger partial charge on any atom is -0.494 e. The third-order valence-electron chi connectivity index (χ3n) is 4.03. The lowest BCUT2D eigenvalue weighted by atomic mass is 10.2. The molecule has 1 aliphatic carbocycles. The highest BCUT2D eigenvalue weighted by Crippen LogP contribution is 2.21. The van der Waals surface area contributed by atoms with Crippen LogP contribution in [-0.2, 0) is 19.1 Å². The molecule has 0 aliphatic heterocycles. The van der Waals surface area contributed by atoms with E-state index < -0.39 is 11.9 Å². The van der Waals surface area contributed by atoms with Gasteiger partial charge in [-0.3, -0.25) is 14.4 Å². The van der Waals surface area contributed by atoms with E-state index in [-0.39, 0.29) is 31.5 Å². The van der Waals surface area contributed by atoms with E-state index in [0.29, 0.717) is 23.8 Å². The van der Waals surface area contributed by atoms with Gasteiger partial charge in [-0.1, -0.05) is 11.6 Å². The summed E-state index contributed by atoms with van der Waals surface area (Å²) in [7, 11) is 1.50. The molecular formula is C19H25ClN2O5. The number of hydrogen-bond acceptors (Lipinski definition) is 5. The molecule has 1 fully saturated rings. The van der Waals surface area contributed by atoms with Crippen molar-refractivity contribution in [1.29, 1.82) is 0 Å². The predicted octanol–water partition coefficient (Wildman–Crippen LogP) is 2.09. The van der Waals surface area contributed by atoms with Gasteiger partial charge in [0.1, 0.15) is 5.75 Å². The molecule has 0 radical (unpaired) electrons. The van der Waals surface area contributed by atoms with Crippen LogP contribution in [0.5, 0.6) is 5.75 Å². The Kier molecular flexibility index (Phi) is 7.91. The van der Waals surface area contributed by atoms with Gasteiger partial charge in [0.05, 0.1) is 13.2 Å². The number of ether oxygens (including phenoxy) is 2. The summed E-state index contributed by atoms with van der Waals surface area (Å²) in [6.07, 6.45) is 2.59. The Labute approximate surface area is 163 Å². The first kappa shape index (κ1) is 21.0. The van der Waals surface area contributed by atoms with Crippen LogP contribution in [0, 0.1) is 6.92 Å². The number of hydrogen-bond donors (Lipinski definition) is 1. The second-order valence-corrected chi connectivity index (χ2v) is 7.02. The van der Waals surface area contributed by atoms with Crippen LogP contribution in [0.2, 0.25) is 5.02 Å². The first-order chi connectivity index (χ1) is 12.8. The van der Waals surface area contributed by atoms with Crippen LogP contribution in [0.4, 0.5) is 0 Å².